The molecule has 0 aromatic heterocycles. The lowest BCUT2D eigenvalue weighted by molar-refractivity contribution is -0.144. The summed E-state index contributed by atoms with van der Waals surface area (Å²) in [5.74, 6) is -0.678. The van der Waals surface area contributed by atoms with Crippen molar-refractivity contribution in [3.63, 3.8) is 0 Å². The summed E-state index contributed by atoms with van der Waals surface area (Å²) in [6, 6.07) is 13.9. The zero-order valence-electron chi connectivity index (χ0n) is 24.2. The molecule has 1 heterocycles. The highest BCUT2D eigenvalue weighted by molar-refractivity contribution is 5.82. The van der Waals surface area contributed by atoms with Gasteiger partial charge in [0.2, 0.25) is 0 Å². The maximum Gasteiger partial charge on any atom is 0.411 e. The van der Waals surface area contributed by atoms with Gasteiger partial charge in [0.1, 0.15) is 11.8 Å². The number of nitrogens with one attached hydrogen (secondary N) is 1. The second kappa shape index (κ2) is 11.4. The van der Waals surface area contributed by atoms with Crippen LogP contribution in [0.25, 0.3) is 0 Å². The average molecular weight is 525 g/mol. The molecule has 4 atom stereocenters. The van der Waals surface area contributed by atoms with Gasteiger partial charge in [-0.2, -0.15) is 0 Å². The van der Waals surface area contributed by atoms with Crippen LogP contribution in [-0.4, -0.2) is 47.4 Å². The van der Waals surface area contributed by atoms with E-state index in [4.69, 9.17) is 9.47 Å². The van der Waals surface area contributed by atoms with Gasteiger partial charge in [-0.1, -0.05) is 84.0 Å². The maximum atomic E-state index is 13.5. The molecule has 0 saturated carbocycles. The van der Waals surface area contributed by atoms with Gasteiger partial charge in [0, 0.05) is 24.1 Å². The standard InChI is InChI=1S/C31H44N2O5/c1-19(2)38-29(36)33-26(20-13-11-10-12-14-20)25(24(31(6,7)8)27(33)28(34)35)32-18-21-17-22(30(3,4)5)15-16-23(21)37-9/h10-17,19,24-27,32H,18H2,1-9H3,(H,34,35)/t24-,25-,26-,27-/m0/s1. The number of hydrogen-bond acceptors (Lipinski definition) is 5. The molecule has 2 aromatic rings. The quantitative estimate of drug-likeness (QED) is 0.450. The Morgan fingerprint density at radius 2 is 1.66 bits per heavy atom. The molecule has 1 aliphatic rings. The molecule has 0 bridgehead atoms. The Bertz CT molecular complexity index is 1120. The number of aliphatic carboxylic acids is 1. The van der Waals surface area contributed by atoms with Gasteiger partial charge in [0.05, 0.1) is 19.3 Å². The number of likely N-dealkylation sites (tertiary alicyclic amines) is 1. The zero-order valence-corrected chi connectivity index (χ0v) is 24.2. The highest BCUT2D eigenvalue weighted by Crippen LogP contribution is 2.48. The lowest BCUT2D eigenvalue weighted by Crippen LogP contribution is -2.48. The lowest BCUT2D eigenvalue weighted by atomic mass is 9.72. The number of carboxylic acids is 1. The van der Waals surface area contributed by atoms with Crippen molar-refractivity contribution in [3.05, 3.63) is 65.2 Å². The van der Waals surface area contributed by atoms with E-state index in [0.29, 0.717) is 6.54 Å². The van der Waals surface area contributed by atoms with E-state index in [0.717, 1.165) is 16.9 Å². The first kappa shape index (κ1) is 29.5. The molecular weight excluding hydrogens is 480 g/mol. The van der Waals surface area contributed by atoms with E-state index in [-0.39, 0.29) is 17.6 Å². The molecule has 7 heteroatoms. The van der Waals surface area contributed by atoms with Gasteiger partial charge in [-0.3, -0.25) is 4.90 Å². The topological polar surface area (TPSA) is 88.1 Å². The monoisotopic (exact) mass is 524 g/mol. The Kier molecular flexibility index (Phi) is 8.82. The third kappa shape index (κ3) is 6.32. The van der Waals surface area contributed by atoms with E-state index in [1.54, 1.807) is 21.0 Å². The van der Waals surface area contributed by atoms with Crippen LogP contribution in [0.1, 0.15) is 78.1 Å². The number of benzene rings is 2. The highest BCUT2D eigenvalue weighted by atomic mass is 16.6. The molecule has 0 radical (unpaired) electrons. The van der Waals surface area contributed by atoms with Crippen LogP contribution in [0.4, 0.5) is 4.79 Å². The minimum Gasteiger partial charge on any atom is -0.496 e. The number of rotatable bonds is 7. The van der Waals surface area contributed by atoms with E-state index < -0.39 is 35.5 Å². The van der Waals surface area contributed by atoms with Gasteiger partial charge >= 0.3 is 12.1 Å². The van der Waals surface area contributed by atoms with Crippen molar-refractivity contribution in [2.24, 2.45) is 11.3 Å². The number of methoxy groups -OCH3 is 1. The fourth-order valence-corrected chi connectivity index (χ4v) is 5.55. The number of ether oxygens (including phenoxy) is 2. The first-order valence-electron chi connectivity index (χ1n) is 13.3. The van der Waals surface area contributed by atoms with Gasteiger partial charge < -0.3 is 19.9 Å². The molecule has 1 saturated heterocycles. The molecule has 2 N–H and O–H groups in total. The van der Waals surface area contributed by atoms with Crippen LogP contribution in [0.15, 0.2) is 48.5 Å². The molecule has 0 unspecified atom stereocenters. The number of carboxylic acid groups (broad SMARTS) is 1. The number of carbonyl (C=O) groups excluding carboxylic acids is 1. The molecule has 7 nitrogen and oxygen atoms in total. The summed E-state index contributed by atoms with van der Waals surface area (Å²) >= 11 is 0. The van der Waals surface area contributed by atoms with E-state index in [1.165, 1.54) is 10.5 Å². The van der Waals surface area contributed by atoms with Crippen LogP contribution in [-0.2, 0) is 21.5 Å². The minimum atomic E-state index is -1.06. The van der Waals surface area contributed by atoms with Gasteiger partial charge in [-0.05, 0) is 41.9 Å². The molecule has 1 fully saturated rings. The van der Waals surface area contributed by atoms with Crippen molar-refractivity contribution in [2.45, 2.75) is 91.6 Å². The van der Waals surface area contributed by atoms with Gasteiger partial charge in [0.25, 0.3) is 0 Å². The Hall–Kier alpha value is -3.06. The van der Waals surface area contributed by atoms with Crippen molar-refractivity contribution in [1.82, 2.24) is 10.2 Å². The fourth-order valence-electron chi connectivity index (χ4n) is 5.55. The normalized spacial score (nSPS) is 22.0. The van der Waals surface area contributed by atoms with Crippen molar-refractivity contribution >= 4 is 12.1 Å². The Labute approximate surface area is 227 Å². The second-order valence-corrected chi connectivity index (χ2v) is 12.6. The van der Waals surface area contributed by atoms with Gasteiger partial charge in [-0.15, -0.1) is 0 Å². The molecule has 2 aromatic carbocycles. The van der Waals surface area contributed by atoms with Crippen molar-refractivity contribution < 1.29 is 24.2 Å². The summed E-state index contributed by atoms with van der Waals surface area (Å²) < 4.78 is 11.3. The van der Waals surface area contributed by atoms with Crippen molar-refractivity contribution in [1.29, 1.82) is 0 Å². The molecule has 38 heavy (non-hydrogen) atoms. The zero-order chi connectivity index (χ0) is 28.4. The van der Waals surface area contributed by atoms with Gasteiger partial charge in [0.15, 0.2) is 0 Å². The predicted octanol–water partition coefficient (Wildman–Crippen LogP) is 6.17. The minimum absolute atomic E-state index is 0.0410. The molecule has 208 valence electrons. The third-order valence-electron chi connectivity index (χ3n) is 7.28. The van der Waals surface area contributed by atoms with E-state index in [1.807, 2.05) is 57.2 Å². The Morgan fingerprint density at radius 1 is 1.03 bits per heavy atom. The van der Waals surface area contributed by atoms with E-state index in [9.17, 15) is 14.7 Å². The summed E-state index contributed by atoms with van der Waals surface area (Å²) in [7, 11) is 1.65. The Morgan fingerprint density at radius 3 is 2.16 bits per heavy atom. The number of carbonyl (C=O) groups is 2. The van der Waals surface area contributed by atoms with E-state index >= 15 is 0 Å². The van der Waals surface area contributed by atoms with Crippen LogP contribution in [0, 0.1) is 11.3 Å². The van der Waals surface area contributed by atoms with Crippen LogP contribution in [0.5, 0.6) is 5.75 Å². The van der Waals surface area contributed by atoms with Gasteiger partial charge in [-0.25, -0.2) is 9.59 Å². The molecular formula is C31H44N2O5. The van der Waals surface area contributed by atoms with Crippen LogP contribution in [0.2, 0.25) is 0 Å². The smallest absolute Gasteiger partial charge is 0.411 e. The summed E-state index contributed by atoms with van der Waals surface area (Å²) in [6.07, 6.45) is -0.995. The summed E-state index contributed by atoms with van der Waals surface area (Å²) in [6.45, 7) is 16.6. The average Bonchev–Trinajstić information content (AvgIpc) is 3.18. The number of nitrogens with zero attached hydrogens (tertiary/aromatic N) is 1. The Balaban J connectivity index is 2.14. The first-order chi connectivity index (χ1) is 17.7. The molecule has 1 aliphatic heterocycles. The van der Waals surface area contributed by atoms with Crippen LogP contribution >= 0.6 is 0 Å². The van der Waals surface area contributed by atoms with Crippen LogP contribution in [0.3, 0.4) is 0 Å². The molecule has 0 aliphatic carbocycles. The van der Waals surface area contributed by atoms with Crippen molar-refractivity contribution in [2.75, 3.05) is 7.11 Å². The van der Waals surface area contributed by atoms with Crippen LogP contribution < -0.4 is 10.1 Å². The first-order valence-corrected chi connectivity index (χ1v) is 13.3. The SMILES string of the molecule is COc1ccc(C(C)(C)C)cc1CN[C@H]1[C@H](C(C)(C)C)[C@@H](C(=O)O)N(C(=O)OC(C)C)[C@H]1c1ccccc1. The predicted molar refractivity (Wildman–Crippen MR) is 149 cm³/mol. The highest BCUT2D eigenvalue weighted by Gasteiger charge is 2.58. The summed E-state index contributed by atoms with van der Waals surface area (Å²) in [5, 5.41) is 14.2. The number of hydrogen-bond donors (Lipinski definition) is 2. The maximum absolute atomic E-state index is 13.5. The number of amides is 1. The largest absolute Gasteiger partial charge is 0.496 e. The second-order valence-electron chi connectivity index (χ2n) is 12.6. The van der Waals surface area contributed by atoms with E-state index in [2.05, 4.69) is 38.2 Å². The lowest BCUT2D eigenvalue weighted by Gasteiger charge is -2.35. The molecule has 1 amide bonds. The summed E-state index contributed by atoms with van der Waals surface area (Å²) in [5.41, 5.74) is 2.55. The van der Waals surface area contributed by atoms with Crippen molar-refractivity contribution in [3.8, 4) is 5.75 Å². The third-order valence-corrected chi connectivity index (χ3v) is 7.28. The summed E-state index contributed by atoms with van der Waals surface area (Å²) in [4.78, 5) is 27.7. The fraction of sp³-hybridized carbons (Fsp3) is 0.548. The molecule has 0 spiro atoms. The molecule has 3 rings (SSSR count).